The van der Waals surface area contributed by atoms with E-state index in [9.17, 15) is 9.59 Å². The summed E-state index contributed by atoms with van der Waals surface area (Å²) in [5.74, 6) is 0.0322. The Labute approximate surface area is 174 Å². The number of hydrogen-bond acceptors (Lipinski definition) is 6. The number of methoxy groups -OCH3 is 1. The van der Waals surface area contributed by atoms with Crippen molar-refractivity contribution in [1.29, 1.82) is 0 Å². The standard InChI is InChI=1S/C24H21NO5/c1-28-15-8-6-14(7-9-15)22(26)21-18-17-12-29-24(30-17)23(27)19(18)20-16-5-3-2-4-13(16)10-11-25(20)21/h2-11,17-21,24H,12H2,1H3/t17-,18-,19+,20-,21+,24+/m0/s1. The zero-order chi connectivity index (χ0) is 20.4. The van der Waals surface area contributed by atoms with Crippen LogP contribution in [0, 0.1) is 11.8 Å². The molecule has 0 radical (unpaired) electrons. The zero-order valence-corrected chi connectivity index (χ0v) is 16.4. The number of fused-ring (bicyclic) bond motifs is 8. The highest BCUT2D eigenvalue weighted by Gasteiger charge is 2.63. The van der Waals surface area contributed by atoms with E-state index in [2.05, 4.69) is 11.0 Å². The summed E-state index contributed by atoms with van der Waals surface area (Å²) in [7, 11) is 1.60. The van der Waals surface area contributed by atoms with Crippen LogP contribution in [0.1, 0.15) is 27.5 Å². The van der Waals surface area contributed by atoms with E-state index in [4.69, 9.17) is 14.2 Å². The van der Waals surface area contributed by atoms with Crippen molar-refractivity contribution in [2.75, 3.05) is 13.7 Å². The normalized spacial score (nSPS) is 33.1. The lowest BCUT2D eigenvalue weighted by Gasteiger charge is -2.34. The predicted octanol–water partition coefficient (Wildman–Crippen LogP) is 2.84. The highest BCUT2D eigenvalue weighted by atomic mass is 16.7. The molecule has 6 heteroatoms. The number of carbonyl (C=O) groups is 2. The first-order valence-corrected chi connectivity index (χ1v) is 10.2. The van der Waals surface area contributed by atoms with Gasteiger partial charge in [-0.1, -0.05) is 24.3 Å². The molecule has 3 saturated heterocycles. The van der Waals surface area contributed by atoms with Crippen LogP contribution >= 0.6 is 0 Å². The number of hydrogen-bond donors (Lipinski definition) is 0. The molecule has 30 heavy (non-hydrogen) atoms. The molecular weight excluding hydrogens is 382 g/mol. The van der Waals surface area contributed by atoms with Gasteiger partial charge in [0.1, 0.15) is 5.75 Å². The summed E-state index contributed by atoms with van der Waals surface area (Å²) >= 11 is 0. The first kappa shape index (κ1) is 17.9. The number of Topliss-reactive ketones (excluding diaryl/α,β-unsaturated/α-hetero) is 2. The number of benzene rings is 2. The monoisotopic (exact) mass is 403 g/mol. The number of nitrogens with zero attached hydrogens (tertiary/aromatic N) is 1. The van der Waals surface area contributed by atoms with Gasteiger partial charge < -0.3 is 19.1 Å². The summed E-state index contributed by atoms with van der Waals surface area (Å²) in [6.07, 6.45) is 2.92. The van der Waals surface area contributed by atoms with E-state index in [-0.39, 0.29) is 35.5 Å². The van der Waals surface area contributed by atoms with E-state index >= 15 is 0 Å². The maximum absolute atomic E-state index is 13.7. The quantitative estimate of drug-likeness (QED) is 0.735. The van der Waals surface area contributed by atoms with E-state index in [0.717, 1.165) is 11.1 Å². The Bertz CT molecular complexity index is 1060. The van der Waals surface area contributed by atoms with Crippen LogP contribution in [0.3, 0.4) is 0 Å². The second kappa shape index (κ2) is 6.52. The Balaban J connectivity index is 1.47. The summed E-state index contributed by atoms with van der Waals surface area (Å²) in [6, 6.07) is 14.5. The zero-order valence-electron chi connectivity index (χ0n) is 16.4. The Kier molecular flexibility index (Phi) is 3.88. The van der Waals surface area contributed by atoms with Gasteiger partial charge in [-0.2, -0.15) is 0 Å². The van der Waals surface area contributed by atoms with Crippen LogP contribution in [-0.4, -0.2) is 48.6 Å². The van der Waals surface area contributed by atoms with Gasteiger partial charge >= 0.3 is 0 Å². The van der Waals surface area contributed by atoms with Crippen LogP contribution in [0.4, 0.5) is 0 Å². The van der Waals surface area contributed by atoms with Crippen molar-refractivity contribution < 1.29 is 23.8 Å². The van der Waals surface area contributed by atoms with Crippen molar-refractivity contribution in [1.82, 2.24) is 4.90 Å². The van der Waals surface area contributed by atoms with Gasteiger partial charge in [-0.15, -0.1) is 0 Å². The Morgan fingerprint density at radius 2 is 1.93 bits per heavy atom. The van der Waals surface area contributed by atoms with Crippen molar-refractivity contribution in [3.8, 4) is 5.75 Å². The fourth-order valence-electron chi connectivity index (χ4n) is 5.55. The Morgan fingerprint density at radius 3 is 2.73 bits per heavy atom. The summed E-state index contributed by atoms with van der Waals surface area (Å²) in [6.45, 7) is 0.343. The van der Waals surface area contributed by atoms with Crippen molar-refractivity contribution in [3.05, 3.63) is 71.4 Å². The molecule has 152 valence electrons. The van der Waals surface area contributed by atoms with E-state index in [0.29, 0.717) is 17.9 Å². The van der Waals surface area contributed by atoms with Crippen LogP contribution in [0.25, 0.3) is 6.08 Å². The highest BCUT2D eigenvalue weighted by Crippen LogP contribution is 2.54. The number of ether oxygens (including phenoxy) is 3. The molecule has 0 unspecified atom stereocenters. The molecule has 2 aromatic rings. The van der Waals surface area contributed by atoms with Crippen LogP contribution < -0.4 is 4.74 Å². The second-order valence-corrected chi connectivity index (χ2v) is 8.22. The molecular formula is C24H21NO5. The molecule has 3 fully saturated rings. The molecule has 6 nitrogen and oxygen atoms in total. The van der Waals surface area contributed by atoms with E-state index in [1.54, 1.807) is 31.4 Å². The smallest absolute Gasteiger partial charge is 0.218 e. The van der Waals surface area contributed by atoms with Crippen molar-refractivity contribution in [2.24, 2.45) is 11.8 Å². The number of rotatable bonds is 3. The Hall–Kier alpha value is -2.96. The fourth-order valence-corrected chi connectivity index (χ4v) is 5.55. The minimum atomic E-state index is -0.814. The summed E-state index contributed by atoms with van der Waals surface area (Å²) in [4.78, 5) is 29.1. The average molecular weight is 403 g/mol. The molecule has 6 rings (SSSR count). The van der Waals surface area contributed by atoms with Gasteiger partial charge in [0.15, 0.2) is 11.6 Å². The van der Waals surface area contributed by atoms with Crippen LogP contribution in [-0.2, 0) is 14.3 Å². The third kappa shape index (κ3) is 2.38. The first-order valence-electron chi connectivity index (χ1n) is 10.2. The third-order valence-corrected chi connectivity index (χ3v) is 6.85. The molecule has 0 aliphatic carbocycles. The lowest BCUT2D eigenvalue weighted by atomic mass is 9.75. The maximum Gasteiger partial charge on any atom is 0.218 e. The molecule has 4 aliphatic heterocycles. The number of ketones is 2. The minimum absolute atomic E-state index is 0.0130. The SMILES string of the molecule is COc1ccc(C(=O)[C@H]2[C@@H]3[C@@H](C(=O)[C@@H]4OC[C@@H]3O4)[C@@H]3c4ccccc4C=CN23)cc1. The van der Waals surface area contributed by atoms with Gasteiger partial charge in [-0.05, 0) is 41.5 Å². The van der Waals surface area contributed by atoms with Crippen LogP contribution in [0.15, 0.2) is 54.7 Å². The highest BCUT2D eigenvalue weighted by molar-refractivity contribution is 6.02. The predicted molar refractivity (Wildman–Crippen MR) is 108 cm³/mol. The molecule has 6 atom stereocenters. The Morgan fingerprint density at radius 1 is 1.13 bits per heavy atom. The molecule has 0 amide bonds. The minimum Gasteiger partial charge on any atom is -0.497 e. The topological polar surface area (TPSA) is 65.1 Å². The largest absolute Gasteiger partial charge is 0.497 e. The summed E-state index contributed by atoms with van der Waals surface area (Å²) in [5, 5.41) is 0. The summed E-state index contributed by atoms with van der Waals surface area (Å²) in [5.41, 5.74) is 2.76. The van der Waals surface area contributed by atoms with Crippen molar-refractivity contribution in [2.45, 2.75) is 24.5 Å². The molecule has 4 aliphatic rings. The van der Waals surface area contributed by atoms with Gasteiger partial charge in [0.25, 0.3) is 0 Å². The van der Waals surface area contributed by atoms with E-state index in [1.165, 1.54) is 0 Å². The number of carbonyl (C=O) groups excluding carboxylic acids is 2. The fraction of sp³-hybridized carbons (Fsp3) is 0.333. The molecule has 0 saturated carbocycles. The third-order valence-electron chi connectivity index (χ3n) is 6.85. The van der Waals surface area contributed by atoms with Crippen LogP contribution in [0.5, 0.6) is 5.75 Å². The van der Waals surface area contributed by atoms with Crippen molar-refractivity contribution in [3.63, 3.8) is 0 Å². The van der Waals surface area contributed by atoms with Gasteiger partial charge in [0, 0.05) is 17.7 Å². The lowest BCUT2D eigenvalue weighted by Crippen LogP contribution is -2.48. The molecule has 0 aromatic heterocycles. The molecule has 0 spiro atoms. The summed E-state index contributed by atoms with van der Waals surface area (Å²) < 4.78 is 16.7. The average Bonchev–Trinajstić information content (AvgIpc) is 3.38. The molecule has 4 heterocycles. The first-order chi connectivity index (χ1) is 14.7. The van der Waals surface area contributed by atoms with Gasteiger partial charge in [0.05, 0.1) is 37.8 Å². The molecule has 2 bridgehead atoms. The van der Waals surface area contributed by atoms with Gasteiger partial charge in [0.2, 0.25) is 6.29 Å². The van der Waals surface area contributed by atoms with Crippen LogP contribution in [0.2, 0.25) is 0 Å². The second-order valence-electron chi connectivity index (χ2n) is 8.22. The van der Waals surface area contributed by atoms with E-state index in [1.807, 2.05) is 30.5 Å². The molecule has 2 aromatic carbocycles. The van der Waals surface area contributed by atoms with Gasteiger partial charge in [-0.3, -0.25) is 9.59 Å². The van der Waals surface area contributed by atoms with Gasteiger partial charge in [-0.25, -0.2) is 0 Å². The van der Waals surface area contributed by atoms with E-state index < -0.39 is 12.3 Å². The maximum atomic E-state index is 13.7. The van der Waals surface area contributed by atoms with Crippen molar-refractivity contribution >= 4 is 17.6 Å². The molecule has 0 N–H and O–H groups in total. The lowest BCUT2D eigenvalue weighted by molar-refractivity contribution is -0.164.